The first-order valence-corrected chi connectivity index (χ1v) is 33.2. The van der Waals surface area contributed by atoms with E-state index in [0.717, 1.165) is 28.6 Å². The lowest BCUT2D eigenvalue weighted by Crippen LogP contribution is -2.52. The minimum Gasteiger partial charge on any atom is -0.481 e. The summed E-state index contributed by atoms with van der Waals surface area (Å²) in [5.41, 5.74) is 10.7. The van der Waals surface area contributed by atoms with Gasteiger partial charge in [-0.2, -0.15) is 8.62 Å². The summed E-state index contributed by atoms with van der Waals surface area (Å²) in [5, 5.41) is 48.1. The molecule has 0 radical (unpaired) electrons. The van der Waals surface area contributed by atoms with E-state index in [1.807, 2.05) is 53.8 Å². The number of carboxylic acid groups (broad SMARTS) is 3. The van der Waals surface area contributed by atoms with E-state index in [4.69, 9.17) is 30.1 Å². The van der Waals surface area contributed by atoms with E-state index in [0.29, 0.717) is 29.5 Å². The number of amides is 4. The fourth-order valence-electron chi connectivity index (χ4n) is 8.93. The lowest BCUT2D eigenvalue weighted by Gasteiger charge is -2.20. The number of hydrogen-bond acceptors (Lipinski definition) is 22. The highest BCUT2D eigenvalue weighted by Gasteiger charge is 2.43. The average Bonchev–Trinajstić information content (AvgIpc) is 1.66. The molecule has 4 amide bonds. The van der Waals surface area contributed by atoms with E-state index in [-0.39, 0.29) is 80.6 Å². The van der Waals surface area contributed by atoms with Crippen molar-refractivity contribution < 1.29 is 115 Å². The van der Waals surface area contributed by atoms with Crippen molar-refractivity contribution in [2.24, 2.45) is 0 Å². The van der Waals surface area contributed by atoms with Crippen molar-refractivity contribution in [3.05, 3.63) is 77.7 Å². The Hall–Kier alpha value is -6.79. The van der Waals surface area contributed by atoms with Gasteiger partial charge in [-0.15, -0.1) is 0 Å². The van der Waals surface area contributed by atoms with Crippen molar-refractivity contribution in [1.29, 1.82) is 0 Å². The lowest BCUT2D eigenvalue weighted by atomic mass is 9.98. The first-order chi connectivity index (χ1) is 41.1. The summed E-state index contributed by atoms with van der Waals surface area (Å²) >= 11 is 0. The number of phosphoric ester groups is 1. The number of phosphoric acid groups is 3. The minimum absolute atomic E-state index is 0.0261. The topological polar surface area (TPSA) is 501 Å². The van der Waals surface area contributed by atoms with Gasteiger partial charge in [0.2, 0.25) is 17.7 Å². The van der Waals surface area contributed by atoms with Gasteiger partial charge in [0.15, 0.2) is 0 Å². The second kappa shape index (κ2) is 31.9. The normalized spacial score (nSPS) is 17.8. The number of ether oxygens (including phenoxy) is 2. The van der Waals surface area contributed by atoms with E-state index < -0.39 is 121 Å². The van der Waals surface area contributed by atoms with Crippen molar-refractivity contribution in [2.75, 3.05) is 37.0 Å². The van der Waals surface area contributed by atoms with Crippen LogP contribution in [0.3, 0.4) is 0 Å². The number of nitrogens with zero attached hydrogens (tertiary/aromatic N) is 3. The van der Waals surface area contributed by atoms with Gasteiger partial charge in [-0.05, 0) is 35.1 Å². The van der Waals surface area contributed by atoms with Gasteiger partial charge < -0.3 is 81.0 Å². The molecule has 87 heavy (non-hydrogen) atoms. The minimum atomic E-state index is -5.80. The molecule has 0 bridgehead atoms. The number of unbranched alkanes of at least 4 members (excludes halogenated alkanes) is 2. The van der Waals surface area contributed by atoms with Gasteiger partial charge in [-0.1, -0.05) is 88.4 Å². The molecule has 6 rings (SSSR count). The molecule has 1 aliphatic carbocycles. The third-order valence-corrected chi connectivity index (χ3v) is 19.1. The van der Waals surface area contributed by atoms with Crippen LogP contribution >= 0.6 is 45.1 Å². The molecule has 6 unspecified atom stereocenters. The zero-order chi connectivity index (χ0) is 63.6. The smallest absolute Gasteiger partial charge is 0.481 e. The maximum Gasteiger partial charge on any atom is 0.490 e. The Balaban J connectivity index is 0.981. The number of nitrogens with two attached hydrogens (primary N) is 1. The summed E-state index contributed by atoms with van der Waals surface area (Å²) < 4.78 is 59.9. The lowest BCUT2D eigenvalue weighted by molar-refractivity contribution is -0.148. The Labute approximate surface area is 502 Å². The molecule has 1 fully saturated rings. The number of rotatable bonds is 34. The van der Waals surface area contributed by atoms with Gasteiger partial charge >= 0.3 is 47.5 Å². The number of nitrogen functional groups attached to an aromatic ring is 1. The van der Waals surface area contributed by atoms with Crippen LogP contribution in [0.2, 0.25) is 0 Å². The Morgan fingerprint density at radius 3 is 2.09 bits per heavy atom. The number of ketones is 1. The summed E-state index contributed by atoms with van der Waals surface area (Å²) in [4.78, 5) is 144. The second-order valence-electron chi connectivity index (χ2n) is 19.3. The average molecular weight is 1320 g/mol. The fourth-order valence-corrected chi connectivity index (χ4v) is 14.2. The van der Waals surface area contributed by atoms with E-state index in [1.165, 1.54) is 32.4 Å². The number of carbonyl (C=O) groups excluding carboxylic acids is 5. The SMILES string of the molecule is Nc1ncnc2c1c(C#CCCC(=O)CCSSCC(NC(=O)OCC1c3ccccc3-c3ccccc31)C(=O)NCCCCCC(=O)NC(CC(=O)O)C(=O)NC(CC(=O)O)C(=O)O)cn2[C@H]1CC(O)[C@@H](COP(=O)(O)OP(=O)(O)OP(=O)(O)O)O1. The molecule has 472 valence electrons. The van der Waals surface area contributed by atoms with Crippen LogP contribution in [-0.4, -0.2) is 164 Å². The van der Waals surface area contributed by atoms with Gasteiger partial charge in [-0.25, -0.2) is 33.3 Å². The first kappa shape index (κ1) is 69.3. The molecule has 1 aliphatic heterocycles. The number of hydrogen-bond donors (Lipinski definition) is 13. The third kappa shape index (κ3) is 21.5. The van der Waals surface area contributed by atoms with Crippen LogP contribution in [0.1, 0.15) is 93.0 Å². The van der Waals surface area contributed by atoms with Crippen molar-refractivity contribution in [3.8, 4) is 23.0 Å². The zero-order valence-corrected chi connectivity index (χ0v) is 49.9. The van der Waals surface area contributed by atoms with E-state index in [1.54, 1.807) is 0 Å². The summed E-state index contributed by atoms with van der Waals surface area (Å²) in [6.45, 7) is -0.839. The number of aliphatic hydroxyl groups is 1. The van der Waals surface area contributed by atoms with Gasteiger partial charge in [0.25, 0.3) is 0 Å². The number of nitrogens with one attached hydrogen (secondary N) is 4. The Bertz CT molecular complexity index is 3370. The molecule has 1 saturated heterocycles. The Morgan fingerprint density at radius 2 is 1.44 bits per heavy atom. The number of anilines is 1. The molecule has 2 aromatic heterocycles. The molecular formula is C50H61N8O24P3S2. The summed E-state index contributed by atoms with van der Waals surface area (Å²) in [5.74, 6) is -1.37. The van der Waals surface area contributed by atoms with E-state index in [9.17, 15) is 77.2 Å². The molecule has 4 aromatic rings. The molecule has 0 saturated carbocycles. The monoisotopic (exact) mass is 1310 g/mol. The second-order valence-corrected chi connectivity index (χ2v) is 26.3. The van der Waals surface area contributed by atoms with Crippen LogP contribution < -0.4 is 27.0 Å². The molecule has 37 heteroatoms. The molecule has 2 aliphatic rings. The first-order valence-electron chi connectivity index (χ1n) is 26.2. The molecule has 2 aromatic carbocycles. The largest absolute Gasteiger partial charge is 0.490 e. The Kier molecular flexibility index (Phi) is 25.4. The number of aromatic nitrogens is 3. The highest BCUT2D eigenvalue weighted by molar-refractivity contribution is 8.76. The number of carbonyl (C=O) groups is 8. The van der Waals surface area contributed by atoms with Crippen LogP contribution in [0, 0.1) is 11.8 Å². The maximum absolute atomic E-state index is 13.6. The number of aliphatic carboxylic acids is 3. The number of benzene rings is 2. The third-order valence-electron chi connectivity index (χ3n) is 12.9. The van der Waals surface area contributed by atoms with Crippen molar-refractivity contribution in [3.63, 3.8) is 0 Å². The van der Waals surface area contributed by atoms with Crippen LogP contribution in [0.15, 0.2) is 61.1 Å². The fraction of sp³-hybridized carbons (Fsp3) is 0.440. The molecular weight excluding hydrogens is 1250 g/mol. The van der Waals surface area contributed by atoms with Crippen molar-refractivity contribution in [2.45, 2.75) is 107 Å². The number of fused-ring (bicyclic) bond motifs is 4. The van der Waals surface area contributed by atoms with Crippen LogP contribution in [0.25, 0.3) is 22.2 Å². The van der Waals surface area contributed by atoms with Crippen LogP contribution in [-0.2, 0) is 69.9 Å². The van der Waals surface area contributed by atoms with Gasteiger partial charge in [0, 0.05) is 62.3 Å². The van der Waals surface area contributed by atoms with Crippen molar-refractivity contribution >= 4 is 109 Å². The van der Waals surface area contributed by atoms with Crippen molar-refractivity contribution in [1.82, 2.24) is 35.8 Å². The molecule has 0 spiro atoms. The molecule has 14 N–H and O–H groups in total. The quantitative estimate of drug-likeness (QED) is 0.0138. The summed E-state index contributed by atoms with van der Waals surface area (Å²) in [7, 11) is -14.5. The molecule has 3 heterocycles. The molecule has 8 atom stereocenters. The van der Waals surface area contributed by atoms with E-state index in [2.05, 4.69) is 50.9 Å². The zero-order valence-electron chi connectivity index (χ0n) is 45.6. The maximum atomic E-state index is 13.6. The highest BCUT2D eigenvalue weighted by atomic mass is 33.1. The highest BCUT2D eigenvalue weighted by Crippen LogP contribution is 2.66. The van der Waals surface area contributed by atoms with E-state index >= 15 is 0 Å². The number of aliphatic hydroxyl groups excluding tert-OH is 1. The predicted molar refractivity (Wildman–Crippen MR) is 306 cm³/mol. The predicted octanol–water partition coefficient (Wildman–Crippen LogP) is 3.07. The Morgan fingerprint density at radius 1 is 0.770 bits per heavy atom. The standard InChI is InChI=1S/C50H61N8O24P3S2/c51-45-44-28(23-58(46(44)54-27-53-45)41-22-38(60)39(80-41)25-79-84(74,75)82-85(76,77)81-83(71,72)73)10-3-4-11-29(59)17-19-86-87-26-37(57-50(70)78-24-34-32-14-7-5-12-30(32)31-13-6-8-15-33(31)34)47(66)52-18-9-1-2-16-40(61)55-35(20-42(62)63)48(67)56-36(49(68)69)21-43(64)65/h5-8,12-15,23,27,34-39,41,60H,1-2,4,9,11,16-22,24-26H2,(H,52,66)(H,55,61)(H,56,67)(H,57,70)(H,62,63)(H,64,65)(H,68,69)(H,74,75)(H,76,77)(H2,51,53,54)(H2,71,72,73)/t35?,36?,37?,38?,39-,41-/m1/s1. The summed E-state index contributed by atoms with van der Waals surface area (Å²) in [6.07, 6.45) is -2.99. The van der Waals surface area contributed by atoms with Gasteiger partial charge in [0.1, 0.15) is 60.6 Å². The van der Waals surface area contributed by atoms with Gasteiger partial charge in [-0.3, -0.25) is 33.3 Å². The summed E-state index contributed by atoms with van der Waals surface area (Å²) in [6, 6.07) is 10.8. The molecule has 32 nitrogen and oxygen atoms in total. The van der Waals surface area contributed by atoms with Gasteiger partial charge in [0.05, 0.1) is 36.5 Å². The number of Topliss-reactive ketones (excluding diaryl/α,β-unsaturated/α-hetero) is 1. The van der Waals surface area contributed by atoms with Crippen LogP contribution in [0.5, 0.6) is 0 Å². The number of alkyl carbamates (subject to hydrolysis) is 1. The number of carboxylic acids is 3. The van der Waals surface area contributed by atoms with Crippen LogP contribution in [0.4, 0.5) is 10.6 Å².